The minimum atomic E-state index is -1.02. The van der Waals surface area contributed by atoms with Crippen LogP contribution in [0.5, 0.6) is 0 Å². The van der Waals surface area contributed by atoms with Crippen LogP contribution in [0.1, 0.15) is 21.9 Å². The molecule has 2 rings (SSSR count). The number of rotatable bonds is 1. The van der Waals surface area contributed by atoms with Crippen molar-refractivity contribution >= 4 is 11.5 Å². The first-order chi connectivity index (χ1) is 6.58. The van der Waals surface area contributed by atoms with Gasteiger partial charge in [0.25, 0.3) is 0 Å². The van der Waals surface area contributed by atoms with Gasteiger partial charge >= 0.3 is 5.97 Å². The van der Waals surface area contributed by atoms with Crippen molar-refractivity contribution in [3.63, 3.8) is 0 Å². The minimum absolute atomic E-state index is 0.0421. The molecule has 0 spiro atoms. The second kappa shape index (κ2) is 2.80. The summed E-state index contributed by atoms with van der Waals surface area (Å²) in [6, 6.07) is 1.52. The van der Waals surface area contributed by atoms with Crippen LogP contribution in [0.25, 0.3) is 5.52 Å². The molecule has 2 aromatic heterocycles. The van der Waals surface area contributed by atoms with Gasteiger partial charge in [-0.3, -0.25) is 4.98 Å². The van der Waals surface area contributed by atoms with Crippen molar-refractivity contribution in [3.05, 3.63) is 29.3 Å². The second-order valence-corrected chi connectivity index (χ2v) is 3.13. The SMILES string of the molecule is Cc1cn2nc(C(=O)O)cc2c(C)n1. The molecule has 0 radical (unpaired) electrons. The Hall–Kier alpha value is -1.91. The van der Waals surface area contributed by atoms with E-state index in [1.807, 2.05) is 13.8 Å². The van der Waals surface area contributed by atoms with E-state index in [9.17, 15) is 4.79 Å². The fraction of sp³-hybridized carbons (Fsp3) is 0.222. The summed E-state index contributed by atoms with van der Waals surface area (Å²) in [6.45, 7) is 3.67. The Morgan fingerprint density at radius 2 is 2.21 bits per heavy atom. The molecule has 5 nitrogen and oxygen atoms in total. The van der Waals surface area contributed by atoms with Gasteiger partial charge in [-0.1, -0.05) is 0 Å². The number of carboxylic acids is 1. The van der Waals surface area contributed by atoms with E-state index in [0.717, 1.165) is 16.9 Å². The summed E-state index contributed by atoms with van der Waals surface area (Å²) in [5, 5.41) is 12.7. The van der Waals surface area contributed by atoms with Gasteiger partial charge in [-0.25, -0.2) is 9.31 Å². The van der Waals surface area contributed by atoms with Crippen LogP contribution in [0.3, 0.4) is 0 Å². The lowest BCUT2D eigenvalue weighted by Gasteiger charge is -1.98. The van der Waals surface area contributed by atoms with E-state index in [-0.39, 0.29) is 5.69 Å². The van der Waals surface area contributed by atoms with Crippen molar-refractivity contribution in [2.45, 2.75) is 13.8 Å². The molecule has 0 bridgehead atoms. The summed E-state index contributed by atoms with van der Waals surface area (Å²) in [4.78, 5) is 14.9. The Labute approximate surface area is 80.0 Å². The van der Waals surface area contributed by atoms with Crippen molar-refractivity contribution in [1.82, 2.24) is 14.6 Å². The Kier molecular flexibility index (Phi) is 1.73. The fourth-order valence-electron chi connectivity index (χ4n) is 1.40. The van der Waals surface area contributed by atoms with Gasteiger partial charge in [0.05, 0.1) is 23.1 Å². The van der Waals surface area contributed by atoms with Crippen molar-refractivity contribution in [2.24, 2.45) is 0 Å². The molecule has 0 fully saturated rings. The zero-order valence-electron chi connectivity index (χ0n) is 7.85. The standard InChI is InChI=1S/C9H9N3O2/c1-5-4-12-8(6(2)10-5)3-7(11-12)9(13)14/h3-4H,1-2H3,(H,13,14). The van der Waals surface area contributed by atoms with Crippen molar-refractivity contribution in [1.29, 1.82) is 0 Å². The molecule has 0 atom stereocenters. The molecule has 0 saturated carbocycles. The minimum Gasteiger partial charge on any atom is -0.476 e. The van der Waals surface area contributed by atoms with Crippen LogP contribution in [-0.4, -0.2) is 25.7 Å². The number of carbonyl (C=O) groups is 1. The third kappa shape index (κ3) is 1.22. The first-order valence-corrected chi connectivity index (χ1v) is 4.15. The maximum Gasteiger partial charge on any atom is 0.356 e. The summed E-state index contributed by atoms with van der Waals surface area (Å²) in [6.07, 6.45) is 1.70. The Bertz CT molecular complexity index is 516. The van der Waals surface area contributed by atoms with Crippen LogP contribution in [0, 0.1) is 13.8 Å². The number of aromatic carboxylic acids is 1. The van der Waals surface area contributed by atoms with E-state index in [0.29, 0.717) is 0 Å². The lowest BCUT2D eigenvalue weighted by Crippen LogP contribution is -1.98. The average Bonchev–Trinajstić information content (AvgIpc) is 2.47. The summed E-state index contributed by atoms with van der Waals surface area (Å²) < 4.78 is 1.54. The van der Waals surface area contributed by atoms with Crippen molar-refractivity contribution in [2.75, 3.05) is 0 Å². The van der Waals surface area contributed by atoms with Crippen LogP contribution in [0.4, 0.5) is 0 Å². The Balaban J connectivity index is 2.76. The third-order valence-corrected chi connectivity index (χ3v) is 1.98. The molecule has 72 valence electrons. The molecular formula is C9H9N3O2. The number of fused-ring (bicyclic) bond motifs is 1. The van der Waals surface area contributed by atoms with E-state index in [2.05, 4.69) is 10.1 Å². The zero-order valence-corrected chi connectivity index (χ0v) is 7.85. The van der Waals surface area contributed by atoms with Crippen molar-refractivity contribution in [3.8, 4) is 0 Å². The predicted octanol–water partition coefficient (Wildman–Crippen LogP) is 1.04. The van der Waals surface area contributed by atoms with Gasteiger partial charge in [-0.05, 0) is 13.8 Å². The monoisotopic (exact) mass is 191 g/mol. The molecular weight excluding hydrogens is 182 g/mol. The van der Waals surface area contributed by atoms with Crippen LogP contribution in [0.2, 0.25) is 0 Å². The average molecular weight is 191 g/mol. The molecule has 0 aromatic carbocycles. The maximum absolute atomic E-state index is 10.7. The van der Waals surface area contributed by atoms with Crippen LogP contribution in [-0.2, 0) is 0 Å². The molecule has 2 heterocycles. The highest BCUT2D eigenvalue weighted by molar-refractivity contribution is 5.87. The van der Waals surface area contributed by atoms with E-state index in [1.165, 1.54) is 6.07 Å². The number of hydrogen-bond acceptors (Lipinski definition) is 3. The molecule has 2 aromatic rings. The van der Waals surface area contributed by atoms with Gasteiger partial charge in [0, 0.05) is 6.07 Å². The molecule has 5 heteroatoms. The number of carboxylic acid groups (broad SMARTS) is 1. The molecule has 0 saturated heterocycles. The maximum atomic E-state index is 10.7. The van der Waals surface area contributed by atoms with Gasteiger partial charge in [0.2, 0.25) is 0 Å². The Morgan fingerprint density at radius 3 is 2.86 bits per heavy atom. The lowest BCUT2D eigenvalue weighted by molar-refractivity contribution is 0.0690. The molecule has 0 amide bonds. The molecule has 0 aliphatic heterocycles. The van der Waals surface area contributed by atoms with E-state index < -0.39 is 5.97 Å². The Morgan fingerprint density at radius 1 is 1.50 bits per heavy atom. The normalized spacial score (nSPS) is 10.7. The zero-order chi connectivity index (χ0) is 10.3. The van der Waals surface area contributed by atoms with Crippen molar-refractivity contribution < 1.29 is 9.90 Å². The van der Waals surface area contributed by atoms with Crippen LogP contribution in [0.15, 0.2) is 12.3 Å². The molecule has 1 N–H and O–H groups in total. The quantitative estimate of drug-likeness (QED) is 0.731. The van der Waals surface area contributed by atoms with Gasteiger partial charge < -0.3 is 5.11 Å². The fourth-order valence-corrected chi connectivity index (χ4v) is 1.40. The van der Waals surface area contributed by atoms with Crippen LogP contribution < -0.4 is 0 Å². The smallest absolute Gasteiger partial charge is 0.356 e. The summed E-state index contributed by atoms with van der Waals surface area (Å²) in [7, 11) is 0. The lowest BCUT2D eigenvalue weighted by atomic mass is 10.3. The van der Waals surface area contributed by atoms with E-state index in [1.54, 1.807) is 10.7 Å². The molecule has 0 aliphatic carbocycles. The second-order valence-electron chi connectivity index (χ2n) is 3.13. The third-order valence-electron chi connectivity index (χ3n) is 1.98. The molecule has 14 heavy (non-hydrogen) atoms. The van der Waals surface area contributed by atoms with Gasteiger partial charge in [-0.15, -0.1) is 0 Å². The highest BCUT2D eigenvalue weighted by Crippen LogP contribution is 2.10. The number of hydrogen-bond donors (Lipinski definition) is 1. The first-order valence-electron chi connectivity index (χ1n) is 4.15. The number of aromatic nitrogens is 3. The summed E-state index contributed by atoms with van der Waals surface area (Å²) in [5.74, 6) is -1.02. The van der Waals surface area contributed by atoms with E-state index >= 15 is 0 Å². The largest absolute Gasteiger partial charge is 0.476 e. The highest BCUT2D eigenvalue weighted by atomic mass is 16.4. The molecule has 0 aliphatic rings. The van der Waals surface area contributed by atoms with Crippen LogP contribution >= 0.6 is 0 Å². The van der Waals surface area contributed by atoms with E-state index in [4.69, 9.17) is 5.11 Å². The summed E-state index contributed by atoms with van der Waals surface area (Å²) in [5.41, 5.74) is 2.37. The van der Waals surface area contributed by atoms with Gasteiger partial charge in [0.1, 0.15) is 0 Å². The summed E-state index contributed by atoms with van der Waals surface area (Å²) >= 11 is 0. The number of aryl methyl sites for hydroxylation is 2. The highest BCUT2D eigenvalue weighted by Gasteiger charge is 2.10. The number of nitrogens with zero attached hydrogens (tertiary/aromatic N) is 3. The van der Waals surface area contributed by atoms with Gasteiger partial charge in [-0.2, -0.15) is 5.10 Å². The topological polar surface area (TPSA) is 67.5 Å². The predicted molar refractivity (Wildman–Crippen MR) is 49.4 cm³/mol. The van der Waals surface area contributed by atoms with Gasteiger partial charge in [0.15, 0.2) is 5.69 Å². The first kappa shape index (κ1) is 8.68. The molecule has 0 unspecified atom stereocenters.